The van der Waals surface area contributed by atoms with Crippen molar-refractivity contribution in [3.63, 3.8) is 0 Å². The molecule has 0 fully saturated rings. The summed E-state index contributed by atoms with van der Waals surface area (Å²) in [5, 5.41) is 2.52. The van der Waals surface area contributed by atoms with Crippen LogP contribution in [-0.4, -0.2) is 25.3 Å². The number of ether oxygens (including phenoxy) is 2. The van der Waals surface area contributed by atoms with E-state index in [1.165, 1.54) is 6.08 Å². The van der Waals surface area contributed by atoms with Gasteiger partial charge in [-0.3, -0.25) is 5.32 Å². The second-order valence-corrected chi connectivity index (χ2v) is 3.73. The van der Waals surface area contributed by atoms with E-state index in [1.54, 1.807) is 24.3 Å². The average Bonchev–Trinajstić information content (AvgIpc) is 2.43. The quantitative estimate of drug-likeness (QED) is 0.633. The van der Waals surface area contributed by atoms with E-state index in [-0.39, 0.29) is 12.6 Å². The van der Waals surface area contributed by atoms with Gasteiger partial charge in [0, 0.05) is 5.69 Å². The van der Waals surface area contributed by atoms with Crippen LogP contribution in [0.5, 0.6) is 0 Å². The third-order valence-corrected chi connectivity index (χ3v) is 2.14. The second kappa shape index (κ2) is 7.92. The fourth-order valence-electron chi connectivity index (χ4n) is 1.26. The van der Waals surface area contributed by atoms with Crippen LogP contribution in [0, 0.1) is 0 Å². The van der Waals surface area contributed by atoms with Crippen molar-refractivity contribution in [2.24, 2.45) is 0 Å². The van der Waals surface area contributed by atoms with Gasteiger partial charge in [-0.1, -0.05) is 19.6 Å². The zero-order valence-electron chi connectivity index (χ0n) is 10.8. The molecule has 0 saturated carbocycles. The molecule has 102 valence electrons. The van der Waals surface area contributed by atoms with Crippen molar-refractivity contribution in [3.8, 4) is 0 Å². The highest BCUT2D eigenvalue weighted by Crippen LogP contribution is 2.11. The van der Waals surface area contributed by atoms with Crippen LogP contribution in [0.2, 0.25) is 0 Å². The predicted molar refractivity (Wildman–Crippen MR) is 72.2 cm³/mol. The number of nitrogens with one attached hydrogen (secondary N) is 1. The molecule has 0 saturated heterocycles. The maximum atomic E-state index is 11.5. The standard InChI is InChI=1S/C14H17NO4/c1-3-9-18-13(16)11-5-7-12(8-6-11)15-14(17)19-10-4-2/h4-8H,2-3,9-10H2,1H3,(H,15,17). The molecule has 1 aromatic rings. The SMILES string of the molecule is C=CCOC(=O)Nc1ccc(C(=O)OCCC)cc1. The van der Waals surface area contributed by atoms with Crippen molar-refractivity contribution in [2.45, 2.75) is 13.3 Å². The number of hydrogen-bond donors (Lipinski definition) is 1. The topological polar surface area (TPSA) is 64.6 Å². The molecule has 19 heavy (non-hydrogen) atoms. The Morgan fingerprint density at radius 1 is 1.26 bits per heavy atom. The summed E-state index contributed by atoms with van der Waals surface area (Å²) >= 11 is 0. The first-order chi connectivity index (χ1) is 9.17. The summed E-state index contributed by atoms with van der Waals surface area (Å²) in [4.78, 5) is 22.8. The smallest absolute Gasteiger partial charge is 0.411 e. The van der Waals surface area contributed by atoms with Crippen molar-refractivity contribution in [1.82, 2.24) is 0 Å². The molecule has 0 atom stereocenters. The third kappa shape index (κ3) is 5.25. The minimum absolute atomic E-state index is 0.146. The van der Waals surface area contributed by atoms with E-state index in [2.05, 4.69) is 11.9 Å². The number of anilines is 1. The Balaban J connectivity index is 2.53. The molecule has 0 unspecified atom stereocenters. The van der Waals surface area contributed by atoms with E-state index in [4.69, 9.17) is 9.47 Å². The fourth-order valence-corrected chi connectivity index (χ4v) is 1.26. The summed E-state index contributed by atoms with van der Waals surface area (Å²) in [5.41, 5.74) is 0.986. The molecule has 0 aliphatic carbocycles. The molecule has 0 aromatic heterocycles. The van der Waals surface area contributed by atoms with E-state index in [9.17, 15) is 9.59 Å². The van der Waals surface area contributed by atoms with Gasteiger partial charge in [0.15, 0.2) is 0 Å². The second-order valence-electron chi connectivity index (χ2n) is 3.73. The first-order valence-electron chi connectivity index (χ1n) is 5.99. The Morgan fingerprint density at radius 3 is 2.53 bits per heavy atom. The molecule has 5 nitrogen and oxygen atoms in total. The minimum atomic E-state index is -0.568. The van der Waals surface area contributed by atoms with Gasteiger partial charge in [-0.05, 0) is 30.7 Å². The largest absolute Gasteiger partial charge is 0.462 e. The molecule has 1 amide bonds. The van der Waals surface area contributed by atoms with Crippen LogP contribution >= 0.6 is 0 Å². The van der Waals surface area contributed by atoms with Crippen LogP contribution in [0.4, 0.5) is 10.5 Å². The van der Waals surface area contributed by atoms with Crippen LogP contribution in [0.3, 0.4) is 0 Å². The van der Waals surface area contributed by atoms with Crippen LogP contribution in [-0.2, 0) is 9.47 Å². The Kier molecular flexibility index (Phi) is 6.15. The van der Waals surface area contributed by atoms with E-state index < -0.39 is 6.09 Å². The highest BCUT2D eigenvalue weighted by atomic mass is 16.5. The first-order valence-corrected chi connectivity index (χ1v) is 5.99. The number of rotatable bonds is 6. The number of carbonyl (C=O) groups is 2. The van der Waals surface area contributed by atoms with Gasteiger partial charge in [-0.25, -0.2) is 9.59 Å². The lowest BCUT2D eigenvalue weighted by Crippen LogP contribution is -2.13. The van der Waals surface area contributed by atoms with Gasteiger partial charge in [-0.2, -0.15) is 0 Å². The maximum Gasteiger partial charge on any atom is 0.411 e. The van der Waals surface area contributed by atoms with Crippen molar-refractivity contribution in [1.29, 1.82) is 0 Å². The van der Waals surface area contributed by atoms with Crippen LogP contribution < -0.4 is 5.32 Å². The predicted octanol–water partition coefficient (Wildman–Crippen LogP) is 2.99. The summed E-state index contributed by atoms with van der Waals surface area (Å²) in [6, 6.07) is 6.39. The lowest BCUT2D eigenvalue weighted by atomic mass is 10.2. The molecule has 1 aromatic carbocycles. The number of carbonyl (C=O) groups excluding carboxylic acids is 2. The Morgan fingerprint density at radius 2 is 1.95 bits per heavy atom. The van der Waals surface area contributed by atoms with E-state index in [0.29, 0.717) is 17.9 Å². The monoisotopic (exact) mass is 263 g/mol. The zero-order valence-corrected chi connectivity index (χ0v) is 10.8. The molecule has 0 spiro atoms. The van der Waals surface area contributed by atoms with Crippen molar-refractivity contribution in [2.75, 3.05) is 18.5 Å². The number of amides is 1. The van der Waals surface area contributed by atoms with Gasteiger partial charge in [0.2, 0.25) is 0 Å². The van der Waals surface area contributed by atoms with Crippen LogP contribution in [0.25, 0.3) is 0 Å². The molecule has 5 heteroatoms. The normalized spacial score (nSPS) is 9.53. The minimum Gasteiger partial charge on any atom is -0.462 e. The van der Waals surface area contributed by atoms with Gasteiger partial charge in [-0.15, -0.1) is 0 Å². The Labute approximate surface area is 112 Å². The fraction of sp³-hybridized carbons (Fsp3) is 0.286. The van der Waals surface area contributed by atoms with E-state index in [0.717, 1.165) is 6.42 Å². The van der Waals surface area contributed by atoms with Crippen molar-refractivity contribution in [3.05, 3.63) is 42.5 Å². The molecule has 0 radical (unpaired) electrons. The van der Waals surface area contributed by atoms with Crippen LogP contribution in [0.15, 0.2) is 36.9 Å². The Hall–Kier alpha value is -2.30. The first kappa shape index (κ1) is 14.8. The highest BCUT2D eigenvalue weighted by molar-refractivity contribution is 5.91. The molecule has 0 aliphatic heterocycles. The third-order valence-electron chi connectivity index (χ3n) is 2.14. The molecular weight excluding hydrogens is 246 g/mol. The average molecular weight is 263 g/mol. The molecule has 0 aliphatic rings. The number of benzene rings is 1. The zero-order chi connectivity index (χ0) is 14.1. The van der Waals surface area contributed by atoms with Gasteiger partial charge in [0.25, 0.3) is 0 Å². The van der Waals surface area contributed by atoms with Gasteiger partial charge in [0.05, 0.1) is 12.2 Å². The molecule has 1 N–H and O–H groups in total. The summed E-state index contributed by atoms with van der Waals surface area (Å²) in [5.74, 6) is -0.373. The van der Waals surface area contributed by atoms with E-state index >= 15 is 0 Å². The van der Waals surface area contributed by atoms with Crippen molar-refractivity contribution < 1.29 is 19.1 Å². The number of esters is 1. The van der Waals surface area contributed by atoms with E-state index in [1.807, 2.05) is 6.92 Å². The summed E-state index contributed by atoms with van der Waals surface area (Å²) in [6.07, 6.45) is 1.69. The maximum absolute atomic E-state index is 11.5. The van der Waals surface area contributed by atoms with Gasteiger partial charge < -0.3 is 9.47 Å². The molecule has 0 bridgehead atoms. The van der Waals surface area contributed by atoms with Crippen molar-refractivity contribution >= 4 is 17.7 Å². The summed E-state index contributed by atoms with van der Waals surface area (Å²) < 4.78 is 9.76. The lowest BCUT2D eigenvalue weighted by Gasteiger charge is -2.06. The molecular formula is C14H17NO4. The Bertz CT molecular complexity index is 439. The molecule has 1 rings (SSSR count). The van der Waals surface area contributed by atoms with Gasteiger partial charge in [0.1, 0.15) is 6.61 Å². The van der Waals surface area contributed by atoms with Crippen LogP contribution in [0.1, 0.15) is 23.7 Å². The highest BCUT2D eigenvalue weighted by Gasteiger charge is 2.07. The molecule has 0 heterocycles. The lowest BCUT2D eigenvalue weighted by molar-refractivity contribution is 0.0505. The summed E-state index contributed by atoms with van der Waals surface area (Å²) in [7, 11) is 0. The van der Waals surface area contributed by atoms with Gasteiger partial charge >= 0.3 is 12.1 Å². The summed E-state index contributed by atoms with van der Waals surface area (Å²) in [6.45, 7) is 5.91. The number of hydrogen-bond acceptors (Lipinski definition) is 4.